The van der Waals surface area contributed by atoms with Gasteiger partial charge in [-0.1, -0.05) is 6.92 Å². The first-order valence-electron chi connectivity index (χ1n) is 7.78. The van der Waals surface area contributed by atoms with E-state index in [4.69, 9.17) is 0 Å². The molecule has 1 N–H and O–H groups in total. The van der Waals surface area contributed by atoms with E-state index in [1.54, 1.807) is 0 Å². The third-order valence-electron chi connectivity index (χ3n) is 4.07. The van der Waals surface area contributed by atoms with Gasteiger partial charge in [0.15, 0.2) is 0 Å². The molecule has 4 nitrogen and oxygen atoms in total. The van der Waals surface area contributed by atoms with E-state index in [0.29, 0.717) is 6.04 Å². The highest BCUT2D eigenvalue weighted by molar-refractivity contribution is 7.15. The van der Waals surface area contributed by atoms with Gasteiger partial charge in [0.05, 0.1) is 6.20 Å². The molecule has 1 atom stereocenters. The minimum atomic E-state index is 0.703. The number of aromatic nitrogens is 2. The zero-order valence-electron chi connectivity index (χ0n) is 12.9. The van der Waals surface area contributed by atoms with Crippen molar-refractivity contribution in [1.29, 1.82) is 0 Å². The first-order chi connectivity index (χ1) is 10.3. The monoisotopic (exact) mass is 304 g/mol. The maximum atomic E-state index is 4.26. The molecule has 0 spiro atoms. The van der Waals surface area contributed by atoms with Crippen molar-refractivity contribution in [3.63, 3.8) is 0 Å². The standard InChI is InChI=1S/C16H24N4S/c1-3-8-20(14-6-7-17-10-14)12-15-4-5-16(21-15)13-9-18-19(2)11-13/h4-5,9,11,14,17H,3,6-8,10,12H2,1-2H3. The van der Waals surface area contributed by atoms with E-state index in [9.17, 15) is 0 Å². The van der Waals surface area contributed by atoms with Crippen LogP contribution in [0.3, 0.4) is 0 Å². The van der Waals surface area contributed by atoms with Gasteiger partial charge in [-0.05, 0) is 38.1 Å². The van der Waals surface area contributed by atoms with Crippen LogP contribution in [-0.4, -0.2) is 40.4 Å². The van der Waals surface area contributed by atoms with Crippen LogP contribution < -0.4 is 5.32 Å². The summed E-state index contributed by atoms with van der Waals surface area (Å²) < 4.78 is 1.86. The second-order valence-electron chi connectivity index (χ2n) is 5.79. The van der Waals surface area contributed by atoms with Crippen LogP contribution in [0.2, 0.25) is 0 Å². The molecule has 0 aliphatic carbocycles. The normalized spacial score (nSPS) is 18.7. The van der Waals surface area contributed by atoms with Gasteiger partial charge in [-0.15, -0.1) is 11.3 Å². The molecule has 1 fully saturated rings. The van der Waals surface area contributed by atoms with Crippen molar-refractivity contribution in [1.82, 2.24) is 20.0 Å². The fourth-order valence-corrected chi connectivity index (χ4v) is 4.00. The maximum absolute atomic E-state index is 4.26. The number of thiophene rings is 1. The number of rotatable bonds is 6. The van der Waals surface area contributed by atoms with E-state index < -0.39 is 0 Å². The second-order valence-corrected chi connectivity index (χ2v) is 6.95. The molecule has 0 bridgehead atoms. The second kappa shape index (κ2) is 6.73. The molecule has 0 saturated carbocycles. The van der Waals surface area contributed by atoms with E-state index >= 15 is 0 Å². The molecule has 21 heavy (non-hydrogen) atoms. The molecule has 0 aromatic carbocycles. The zero-order chi connectivity index (χ0) is 14.7. The van der Waals surface area contributed by atoms with Crippen LogP contribution in [0.5, 0.6) is 0 Å². The van der Waals surface area contributed by atoms with Gasteiger partial charge in [0, 0.05) is 47.7 Å². The summed E-state index contributed by atoms with van der Waals surface area (Å²) in [6, 6.07) is 5.21. The maximum Gasteiger partial charge on any atom is 0.0576 e. The van der Waals surface area contributed by atoms with Crippen molar-refractivity contribution in [2.45, 2.75) is 32.4 Å². The third kappa shape index (κ3) is 3.54. The summed E-state index contributed by atoms with van der Waals surface area (Å²) in [5.74, 6) is 0. The van der Waals surface area contributed by atoms with Crippen molar-refractivity contribution in [3.05, 3.63) is 29.4 Å². The SMILES string of the molecule is CCCN(Cc1ccc(-c2cnn(C)c2)s1)C1CCNC1. The molecule has 0 amide bonds. The average Bonchev–Trinajstić information content (AvgIpc) is 3.18. The molecular formula is C16H24N4S. The Bertz CT molecular complexity index is 568. The molecule has 1 unspecified atom stereocenters. The summed E-state index contributed by atoms with van der Waals surface area (Å²) in [5.41, 5.74) is 1.22. The summed E-state index contributed by atoms with van der Waals surface area (Å²) in [6.45, 7) is 6.83. The van der Waals surface area contributed by atoms with Gasteiger partial charge in [0.25, 0.3) is 0 Å². The van der Waals surface area contributed by atoms with E-state index in [1.165, 1.54) is 34.7 Å². The zero-order valence-corrected chi connectivity index (χ0v) is 13.7. The highest BCUT2D eigenvalue weighted by atomic mass is 32.1. The van der Waals surface area contributed by atoms with Gasteiger partial charge >= 0.3 is 0 Å². The molecule has 5 heteroatoms. The van der Waals surface area contributed by atoms with Crippen LogP contribution in [0, 0.1) is 0 Å². The Labute approximate surface area is 130 Å². The first-order valence-corrected chi connectivity index (χ1v) is 8.60. The largest absolute Gasteiger partial charge is 0.315 e. The Kier molecular flexibility index (Phi) is 4.73. The van der Waals surface area contributed by atoms with Crippen molar-refractivity contribution < 1.29 is 0 Å². The molecule has 3 heterocycles. The van der Waals surface area contributed by atoms with Crippen LogP contribution >= 0.6 is 11.3 Å². The smallest absolute Gasteiger partial charge is 0.0576 e. The molecular weight excluding hydrogens is 280 g/mol. The number of aryl methyl sites for hydroxylation is 1. The highest BCUT2D eigenvalue weighted by Crippen LogP contribution is 2.29. The molecule has 1 saturated heterocycles. The highest BCUT2D eigenvalue weighted by Gasteiger charge is 2.22. The number of hydrogen-bond donors (Lipinski definition) is 1. The van der Waals surface area contributed by atoms with Gasteiger partial charge in [0.2, 0.25) is 0 Å². The Morgan fingerprint density at radius 3 is 3.05 bits per heavy atom. The molecule has 0 radical (unpaired) electrons. The van der Waals surface area contributed by atoms with Crippen LogP contribution in [-0.2, 0) is 13.6 Å². The molecule has 1 aliphatic rings. The summed E-state index contributed by atoms with van der Waals surface area (Å²) in [5, 5.41) is 7.74. The van der Waals surface area contributed by atoms with Crippen LogP contribution in [0.4, 0.5) is 0 Å². The molecule has 1 aliphatic heterocycles. The number of nitrogens with zero attached hydrogens (tertiary/aromatic N) is 3. The lowest BCUT2D eigenvalue weighted by Crippen LogP contribution is -2.36. The molecule has 2 aromatic heterocycles. The summed E-state index contributed by atoms with van der Waals surface area (Å²) >= 11 is 1.90. The van der Waals surface area contributed by atoms with E-state index in [0.717, 1.165) is 19.6 Å². The quantitative estimate of drug-likeness (QED) is 0.891. The van der Waals surface area contributed by atoms with E-state index in [1.807, 2.05) is 29.3 Å². The lowest BCUT2D eigenvalue weighted by Gasteiger charge is -2.27. The van der Waals surface area contributed by atoms with Gasteiger partial charge in [0.1, 0.15) is 0 Å². The van der Waals surface area contributed by atoms with Gasteiger partial charge in [-0.2, -0.15) is 5.10 Å². The van der Waals surface area contributed by atoms with Crippen molar-refractivity contribution in [3.8, 4) is 10.4 Å². The minimum Gasteiger partial charge on any atom is -0.315 e. The minimum absolute atomic E-state index is 0.703. The van der Waals surface area contributed by atoms with Crippen LogP contribution in [0.15, 0.2) is 24.5 Å². The molecule has 3 rings (SSSR count). The van der Waals surface area contributed by atoms with E-state index in [2.05, 4.69) is 40.6 Å². The van der Waals surface area contributed by atoms with Crippen molar-refractivity contribution in [2.24, 2.45) is 7.05 Å². The summed E-state index contributed by atoms with van der Waals surface area (Å²) in [6.07, 6.45) is 6.53. The van der Waals surface area contributed by atoms with E-state index in [-0.39, 0.29) is 0 Å². The summed E-state index contributed by atoms with van der Waals surface area (Å²) in [4.78, 5) is 5.41. The Morgan fingerprint density at radius 2 is 2.38 bits per heavy atom. The predicted octanol–water partition coefficient (Wildman–Crippen LogP) is 2.72. The lowest BCUT2D eigenvalue weighted by atomic mass is 10.2. The molecule has 2 aromatic rings. The van der Waals surface area contributed by atoms with Crippen LogP contribution in [0.25, 0.3) is 10.4 Å². The topological polar surface area (TPSA) is 33.1 Å². The predicted molar refractivity (Wildman–Crippen MR) is 88.5 cm³/mol. The van der Waals surface area contributed by atoms with Gasteiger partial charge in [-0.25, -0.2) is 0 Å². The van der Waals surface area contributed by atoms with Crippen LogP contribution in [0.1, 0.15) is 24.6 Å². The fraction of sp³-hybridized carbons (Fsp3) is 0.562. The van der Waals surface area contributed by atoms with Gasteiger partial charge < -0.3 is 5.32 Å². The number of hydrogen-bond acceptors (Lipinski definition) is 4. The third-order valence-corrected chi connectivity index (χ3v) is 5.19. The Balaban J connectivity index is 1.69. The van der Waals surface area contributed by atoms with Gasteiger partial charge in [-0.3, -0.25) is 9.58 Å². The van der Waals surface area contributed by atoms with Crippen molar-refractivity contribution in [2.75, 3.05) is 19.6 Å². The van der Waals surface area contributed by atoms with Crippen molar-refractivity contribution >= 4 is 11.3 Å². The number of nitrogens with one attached hydrogen (secondary N) is 1. The molecule has 114 valence electrons. The summed E-state index contributed by atoms with van der Waals surface area (Å²) in [7, 11) is 1.97. The Morgan fingerprint density at radius 1 is 1.48 bits per heavy atom. The average molecular weight is 304 g/mol. The fourth-order valence-electron chi connectivity index (χ4n) is 3.00. The lowest BCUT2D eigenvalue weighted by molar-refractivity contribution is 0.201. The Hall–Kier alpha value is -1.17. The first kappa shape index (κ1) is 14.8.